The van der Waals surface area contributed by atoms with Crippen LogP contribution in [0.5, 0.6) is 0 Å². The molecule has 0 aromatic carbocycles. The minimum absolute atomic E-state index is 0.496. The van der Waals surface area contributed by atoms with E-state index in [1.165, 1.54) is 11.4 Å². The third-order valence-electron chi connectivity index (χ3n) is 3.71. The summed E-state index contributed by atoms with van der Waals surface area (Å²) in [5.74, 6) is 1.22. The van der Waals surface area contributed by atoms with Crippen molar-refractivity contribution in [3.8, 4) is 0 Å². The third-order valence-corrected chi connectivity index (χ3v) is 5.05. The van der Waals surface area contributed by atoms with E-state index in [-0.39, 0.29) is 0 Å². The Morgan fingerprint density at radius 1 is 1.47 bits per heavy atom. The summed E-state index contributed by atoms with van der Waals surface area (Å²) >= 11 is 2.07. The monoisotopic (exact) mass is 279 g/mol. The normalized spacial score (nSPS) is 23.9. The highest BCUT2D eigenvalue weighted by Crippen LogP contribution is 2.28. The van der Waals surface area contributed by atoms with Crippen LogP contribution < -0.4 is 10.2 Å². The van der Waals surface area contributed by atoms with E-state index in [0.717, 1.165) is 18.8 Å². The van der Waals surface area contributed by atoms with E-state index in [0.29, 0.717) is 17.3 Å². The second-order valence-corrected chi connectivity index (χ2v) is 7.04. The van der Waals surface area contributed by atoms with Crippen LogP contribution in [0.1, 0.15) is 33.4 Å². The van der Waals surface area contributed by atoms with E-state index >= 15 is 0 Å². The molecule has 19 heavy (non-hydrogen) atoms. The molecule has 0 radical (unpaired) electrons. The molecule has 1 aromatic rings. The summed E-state index contributed by atoms with van der Waals surface area (Å²) in [5.41, 5.74) is 2.44. The van der Waals surface area contributed by atoms with Crippen LogP contribution in [0.25, 0.3) is 0 Å². The van der Waals surface area contributed by atoms with Gasteiger partial charge in [-0.3, -0.25) is 4.98 Å². The highest BCUT2D eigenvalue weighted by molar-refractivity contribution is 8.00. The molecule has 0 saturated carbocycles. The van der Waals surface area contributed by atoms with Gasteiger partial charge in [-0.2, -0.15) is 11.8 Å². The average Bonchev–Trinajstić information content (AvgIpc) is 2.40. The van der Waals surface area contributed by atoms with E-state index in [1.54, 1.807) is 0 Å². The van der Waals surface area contributed by atoms with Gasteiger partial charge in [0.25, 0.3) is 0 Å². The molecule has 1 fully saturated rings. The van der Waals surface area contributed by atoms with Crippen molar-refractivity contribution in [3.05, 3.63) is 24.0 Å². The van der Waals surface area contributed by atoms with Crippen molar-refractivity contribution in [2.75, 3.05) is 17.2 Å². The maximum Gasteiger partial charge on any atom is 0.0562 e. The first-order chi connectivity index (χ1) is 9.08. The van der Waals surface area contributed by atoms with Gasteiger partial charge in [-0.1, -0.05) is 20.8 Å². The summed E-state index contributed by atoms with van der Waals surface area (Å²) < 4.78 is 0. The molecular weight excluding hydrogens is 254 g/mol. The van der Waals surface area contributed by atoms with Gasteiger partial charge in [-0.25, -0.2) is 0 Å². The topological polar surface area (TPSA) is 28.2 Å². The first-order valence-electron chi connectivity index (χ1n) is 7.14. The van der Waals surface area contributed by atoms with Gasteiger partial charge in [0, 0.05) is 48.1 Å². The maximum atomic E-state index is 4.46. The van der Waals surface area contributed by atoms with E-state index in [4.69, 9.17) is 0 Å². The zero-order valence-corrected chi connectivity index (χ0v) is 13.2. The minimum atomic E-state index is 0.496. The van der Waals surface area contributed by atoms with Gasteiger partial charge in [-0.05, 0) is 19.1 Å². The molecule has 0 aliphatic carbocycles. The molecule has 0 spiro atoms. The number of hydrogen-bond donors (Lipinski definition) is 1. The van der Waals surface area contributed by atoms with Crippen molar-refractivity contribution >= 4 is 17.4 Å². The number of thioether (sulfide) groups is 1. The lowest BCUT2D eigenvalue weighted by Crippen LogP contribution is -2.44. The van der Waals surface area contributed by atoms with Crippen molar-refractivity contribution in [1.82, 2.24) is 10.3 Å². The third kappa shape index (κ3) is 3.86. The van der Waals surface area contributed by atoms with Crippen LogP contribution in [0.2, 0.25) is 0 Å². The second kappa shape index (κ2) is 6.62. The number of anilines is 1. The Bertz CT molecular complexity index is 408. The van der Waals surface area contributed by atoms with Crippen LogP contribution >= 0.6 is 11.8 Å². The SMILES string of the molecule is CC(C)NCc1cc(N2CCSC(C)C2C)ccn1. The number of rotatable bonds is 4. The lowest BCUT2D eigenvalue weighted by Gasteiger charge is -2.39. The van der Waals surface area contributed by atoms with Crippen LogP contribution in [0.15, 0.2) is 18.3 Å². The number of hydrogen-bond acceptors (Lipinski definition) is 4. The summed E-state index contributed by atoms with van der Waals surface area (Å²) in [6.07, 6.45) is 1.94. The number of aromatic nitrogens is 1. The van der Waals surface area contributed by atoms with E-state index < -0.39 is 0 Å². The molecule has 2 unspecified atom stereocenters. The van der Waals surface area contributed by atoms with Crippen molar-refractivity contribution in [2.45, 2.75) is 51.6 Å². The smallest absolute Gasteiger partial charge is 0.0562 e. The van der Waals surface area contributed by atoms with Crippen LogP contribution in [0.3, 0.4) is 0 Å². The maximum absolute atomic E-state index is 4.46. The first-order valence-corrected chi connectivity index (χ1v) is 8.19. The zero-order chi connectivity index (χ0) is 13.8. The Balaban J connectivity index is 2.09. The predicted octanol–water partition coefficient (Wildman–Crippen LogP) is 2.91. The summed E-state index contributed by atoms with van der Waals surface area (Å²) in [6, 6.07) is 5.45. The lowest BCUT2D eigenvalue weighted by molar-refractivity contribution is 0.580. The van der Waals surface area contributed by atoms with Crippen molar-refractivity contribution in [3.63, 3.8) is 0 Å². The summed E-state index contributed by atoms with van der Waals surface area (Å²) in [5, 5.41) is 4.12. The molecule has 0 bridgehead atoms. The fourth-order valence-electron chi connectivity index (χ4n) is 2.35. The molecule has 2 heterocycles. The van der Waals surface area contributed by atoms with Crippen molar-refractivity contribution in [1.29, 1.82) is 0 Å². The molecule has 106 valence electrons. The van der Waals surface area contributed by atoms with E-state index in [2.05, 4.69) is 66.8 Å². The number of pyridine rings is 1. The Kier molecular flexibility index (Phi) is 5.11. The molecule has 1 saturated heterocycles. The lowest BCUT2D eigenvalue weighted by atomic mass is 10.1. The second-order valence-electron chi connectivity index (χ2n) is 5.55. The number of nitrogens with one attached hydrogen (secondary N) is 1. The highest BCUT2D eigenvalue weighted by Gasteiger charge is 2.25. The summed E-state index contributed by atoms with van der Waals surface area (Å²) in [6.45, 7) is 11.0. The molecule has 1 aromatic heterocycles. The highest BCUT2D eigenvalue weighted by atomic mass is 32.2. The fourth-order valence-corrected chi connectivity index (χ4v) is 3.45. The molecule has 1 aliphatic heterocycles. The summed E-state index contributed by atoms with van der Waals surface area (Å²) in [7, 11) is 0. The van der Waals surface area contributed by atoms with E-state index in [1.807, 2.05) is 6.20 Å². The van der Waals surface area contributed by atoms with Crippen LogP contribution in [0, 0.1) is 0 Å². The Hall–Kier alpha value is -0.740. The van der Waals surface area contributed by atoms with Gasteiger partial charge in [0.2, 0.25) is 0 Å². The molecule has 4 heteroatoms. The van der Waals surface area contributed by atoms with Crippen molar-refractivity contribution in [2.24, 2.45) is 0 Å². The van der Waals surface area contributed by atoms with E-state index in [9.17, 15) is 0 Å². The van der Waals surface area contributed by atoms with Crippen LogP contribution in [-0.2, 0) is 6.54 Å². The Morgan fingerprint density at radius 3 is 3.00 bits per heavy atom. The molecule has 0 amide bonds. The van der Waals surface area contributed by atoms with Gasteiger partial charge < -0.3 is 10.2 Å². The largest absolute Gasteiger partial charge is 0.367 e. The first kappa shape index (κ1) is 14.7. The molecule has 1 N–H and O–H groups in total. The van der Waals surface area contributed by atoms with Gasteiger partial charge in [0.15, 0.2) is 0 Å². The quantitative estimate of drug-likeness (QED) is 0.917. The fraction of sp³-hybridized carbons (Fsp3) is 0.667. The van der Waals surface area contributed by atoms with Gasteiger partial charge in [0.1, 0.15) is 0 Å². The van der Waals surface area contributed by atoms with Gasteiger partial charge in [0.05, 0.1) is 5.69 Å². The van der Waals surface area contributed by atoms with Crippen LogP contribution in [-0.4, -0.2) is 34.6 Å². The van der Waals surface area contributed by atoms with Crippen LogP contribution in [0.4, 0.5) is 5.69 Å². The zero-order valence-electron chi connectivity index (χ0n) is 12.4. The Morgan fingerprint density at radius 2 is 2.26 bits per heavy atom. The minimum Gasteiger partial charge on any atom is -0.367 e. The molecular formula is C15H25N3S. The summed E-state index contributed by atoms with van der Waals surface area (Å²) in [4.78, 5) is 6.97. The molecule has 1 aliphatic rings. The number of nitrogens with zero attached hydrogens (tertiary/aromatic N) is 2. The standard InChI is InChI=1S/C15H25N3S/c1-11(2)17-10-14-9-15(5-6-16-14)18-7-8-19-13(4)12(18)3/h5-6,9,11-13,17H,7-8,10H2,1-4H3. The van der Waals surface area contributed by atoms with Gasteiger partial charge in [-0.15, -0.1) is 0 Å². The molecule has 2 atom stereocenters. The molecule has 3 nitrogen and oxygen atoms in total. The predicted molar refractivity (Wildman–Crippen MR) is 84.9 cm³/mol. The Labute approximate surface area is 121 Å². The average molecular weight is 279 g/mol. The van der Waals surface area contributed by atoms with Crippen molar-refractivity contribution < 1.29 is 0 Å². The molecule has 2 rings (SSSR count). The van der Waals surface area contributed by atoms with Gasteiger partial charge >= 0.3 is 0 Å².